The summed E-state index contributed by atoms with van der Waals surface area (Å²) in [6.07, 6.45) is 4.82. The summed E-state index contributed by atoms with van der Waals surface area (Å²) in [6.45, 7) is -0.383. The van der Waals surface area contributed by atoms with Gasteiger partial charge < -0.3 is 15.2 Å². The Morgan fingerprint density at radius 2 is 1.61 bits per heavy atom. The second-order valence-corrected chi connectivity index (χ2v) is 8.45. The molecule has 0 bridgehead atoms. The van der Waals surface area contributed by atoms with Crippen LogP contribution in [0.5, 0.6) is 5.75 Å². The van der Waals surface area contributed by atoms with E-state index in [1.54, 1.807) is 12.1 Å². The van der Waals surface area contributed by atoms with Gasteiger partial charge in [0.25, 0.3) is 0 Å². The average Bonchev–Trinajstić information content (AvgIpc) is 2.78. The number of hydrogen-bond donors (Lipinski definition) is 2. The lowest BCUT2D eigenvalue weighted by Crippen LogP contribution is -2.42. The summed E-state index contributed by atoms with van der Waals surface area (Å²) in [7, 11) is 0. The molecular weight excluding hydrogens is 414 g/mol. The van der Waals surface area contributed by atoms with Crippen LogP contribution in [-0.2, 0) is 15.0 Å². The minimum Gasteiger partial charge on any atom is -0.482 e. The monoisotopic (exact) mass is 437 g/mol. The van der Waals surface area contributed by atoms with Crippen molar-refractivity contribution in [1.82, 2.24) is 0 Å². The Labute approximate surface area is 186 Å². The van der Waals surface area contributed by atoms with Gasteiger partial charge >= 0.3 is 5.97 Å². The zero-order valence-corrected chi connectivity index (χ0v) is 17.8. The highest BCUT2D eigenvalue weighted by atomic mass is 35.5. The van der Waals surface area contributed by atoms with E-state index in [1.165, 1.54) is 0 Å². The lowest BCUT2D eigenvalue weighted by molar-refractivity contribution is -0.139. The summed E-state index contributed by atoms with van der Waals surface area (Å²) in [6, 6.07) is 18.7. The van der Waals surface area contributed by atoms with Gasteiger partial charge in [0, 0.05) is 10.7 Å². The van der Waals surface area contributed by atoms with Gasteiger partial charge in [0.05, 0.1) is 5.41 Å². The van der Waals surface area contributed by atoms with Gasteiger partial charge in [-0.25, -0.2) is 4.79 Å². The van der Waals surface area contributed by atoms with Crippen molar-refractivity contribution >= 4 is 39.9 Å². The zero-order valence-electron chi connectivity index (χ0n) is 17.1. The van der Waals surface area contributed by atoms with Gasteiger partial charge in [0.15, 0.2) is 6.61 Å². The molecular formula is C25H24ClNO4. The number of benzene rings is 3. The van der Waals surface area contributed by atoms with Crippen molar-refractivity contribution < 1.29 is 19.4 Å². The number of fused-ring (bicyclic) bond motifs is 1. The molecule has 1 amide bonds. The van der Waals surface area contributed by atoms with Crippen LogP contribution >= 0.6 is 11.6 Å². The molecule has 0 aromatic heterocycles. The summed E-state index contributed by atoms with van der Waals surface area (Å²) in [5.41, 5.74) is 1.19. The van der Waals surface area contributed by atoms with E-state index in [-0.39, 0.29) is 12.5 Å². The topological polar surface area (TPSA) is 75.6 Å². The lowest BCUT2D eigenvalue weighted by atomic mass is 9.68. The predicted octanol–water partition coefficient (Wildman–Crippen LogP) is 5.80. The molecule has 0 saturated heterocycles. The van der Waals surface area contributed by atoms with Crippen LogP contribution < -0.4 is 10.1 Å². The van der Waals surface area contributed by atoms with Gasteiger partial charge in [-0.1, -0.05) is 55.1 Å². The second-order valence-electron chi connectivity index (χ2n) is 8.01. The number of carboxylic acids is 1. The van der Waals surface area contributed by atoms with E-state index in [9.17, 15) is 9.59 Å². The molecule has 160 valence electrons. The Morgan fingerprint density at radius 3 is 2.32 bits per heavy atom. The van der Waals surface area contributed by atoms with Crippen LogP contribution in [0.2, 0.25) is 5.02 Å². The number of aliphatic carboxylic acids is 1. The number of rotatable bonds is 6. The molecule has 1 fully saturated rings. The second kappa shape index (κ2) is 8.98. The minimum atomic E-state index is -1.02. The Bertz CT molecular complexity index is 1100. The van der Waals surface area contributed by atoms with E-state index in [2.05, 4.69) is 5.32 Å². The lowest BCUT2D eigenvalue weighted by Gasteiger charge is -2.36. The number of carbonyl (C=O) groups is 2. The van der Waals surface area contributed by atoms with E-state index < -0.39 is 11.4 Å². The molecule has 2 N–H and O–H groups in total. The molecule has 1 saturated carbocycles. The molecule has 31 heavy (non-hydrogen) atoms. The molecule has 3 aromatic rings. The van der Waals surface area contributed by atoms with Crippen LogP contribution in [0.15, 0.2) is 60.7 Å². The van der Waals surface area contributed by atoms with Crippen molar-refractivity contribution in [2.45, 2.75) is 37.5 Å². The molecule has 0 heterocycles. The molecule has 5 nitrogen and oxygen atoms in total. The third-order valence-corrected chi connectivity index (χ3v) is 6.22. The van der Waals surface area contributed by atoms with Gasteiger partial charge in [0.1, 0.15) is 5.75 Å². The molecule has 0 aliphatic heterocycles. The number of hydrogen-bond acceptors (Lipinski definition) is 3. The highest BCUT2D eigenvalue weighted by Crippen LogP contribution is 2.41. The molecule has 1 aliphatic carbocycles. The summed E-state index contributed by atoms with van der Waals surface area (Å²) in [5.74, 6) is -0.513. The van der Waals surface area contributed by atoms with Crippen molar-refractivity contribution in [2.24, 2.45) is 0 Å². The Morgan fingerprint density at radius 1 is 0.935 bits per heavy atom. The van der Waals surface area contributed by atoms with E-state index in [4.69, 9.17) is 21.4 Å². The Hall–Kier alpha value is -3.05. The summed E-state index contributed by atoms with van der Waals surface area (Å²) < 4.78 is 5.24. The number of carbonyl (C=O) groups excluding carboxylic acids is 1. The van der Waals surface area contributed by atoms with Gasteiger partial charge in [-0.15, -0.1) is 0 Å². The number of nitrogens with one attached hydrogen (secondary N) is 1. The first-order valence-corrected chi connectivity index (χ1v) is 10.8. The summed E-state index contributed by atoms with van der Waals surface area (Å²) >= 11 is 6.07. The van der Waals surface area contributed by atoms with Gasteiger partial charge in [-0.05, 0) is 65.6 Å². The number of ether oxygens (including phenoxy) is 1. The van der Waals surface area contributed by atoms with Crippen molar-refractivity contribution in [1.29, 1.82) is 0 Å². The van der Waals surface area contributed by atoms with Crippen molar-refractivity contribution in [3.63, 3.8) is 0 Å². The van der Waals surface area contributed by atoms with E-state index in [0.717, 1.165) is 54.1 Å². The third-order valence-electron chi connectivity index (χ3n) is 5.97. The van der Waals surface area contributed by atoms with Gasteiger partial charge in [-0.2, -0.15) is 0 Å². The number of halogens is 1. The summed E-state index contributed by atoms with van der Waals surface area (Å²) in [4.78, 5) is 24.2. The molecule has 0 spiro atoms. The predicted molar refractivity (Wildman–Crippen MR) is 122 cm³/mol. The van der Waals surface area contributed by atoms with Crippen LogP contribution in [0.25, 0.3) is 10.8 Å². The van der Waals surface area contributed by atoms with Crippen molar-refractivity contribution in [3.05, 3.63) is 71.2 Å². The maximum Gasteiger partial charge on any atom is 0.341 e. The van der Waals surface area contributed by atoms with Crippen LogP contribution in [0.3, 0.4) is 0 Å². The first-order chi connectivity index (χ1) is 15.0. The van der Waals surface area contributed by atoms with Crippen molar-refractivity contribution in [2.75, 3.05) is 11.9 Å². The van der Waals surface area contributed by atoms with Crippen LogP contribution in [0, 0.1) is 0 Å². The highest BCUT2D eigenvalue weighted by Gasteiger charge is 2.41. The quantitative estimate of drug-likeness (QED) is 0.511. The molecule has 0 atom stereocenters. The van der Waals surface area contributed by atoms with Gasteiger partial charge in [-0.3, -0.25) is 4.79 Å². The molecule has 3 aromatic carbocycles. The fourth-order valence-electron chi connectivity index (χ4n) is 4.36. The average molecular weight is 438 g/mol. The number of carboxylic acid groups (broad SMARTS) is 1. The zero-order chi connectivity index (χ0) is 21.8. The number of amides is 1. The van der Waals surface area contributed by atoms with Crippen LogP contribution in [0.4, 0.5) is 5.69 Å². The highest BCUT2D eigenvalue weighted by molar-refractivity contribution is 6.30. The maximum atomic E-state index is 13.5. The summed E-state index contributed by atoms with van der Waals surface area (Å²) in [5, 5.41) is 14.4. The van der Waals surface area contributed by atoms with E-state index in [1.807, 2.05) is 48.5 Å². The van der Waals surface area contributed by atoms with E-state index in [0.29, 0.717) is 10.8 Å². The third kappa shape index (κ3) is 4.67. The fourth-order valence-corrected chi connectivity index (χ4v) is 4.48. The normalized spacial score (nSPS) is 15.4. The van der Waals surface area contributed by atoms with Crippen molar-refractivity contribution in [3.8, 4) is 5.75 Å². The standard InChI is InChI=1S/C25H24ClNO4/c26-20-8-6-19(7-9-20)25(12-2-1-3-13-25)24(30)27-21-10-4-18-15-22(31-16-23(28)29)11-5-17(18)14-21/h4-11,14-15H,1-3,12-13,16H2,(H,27,30)(H,28,29). The molecule has 4 rings (SSSR count). The SMILES string of the molecule is O=C(O)COc1ccc2cc(NC(=O)C3(c4ccc(Cl)cc4)CCCCC3)ccc2c1. The first kappa shape index (κ1) is 21.2. The first-order valence-electron chi connectivity index (χ1n) is 10.4. The molecule has 6 heteroatoms. The Kier molecular flexibility index (Phi) is 6.14. The maximum absolute atomic E-state index is 13.5. The largest absolute Gasteiger partial charge is 0.482 e. The van der Waals surface area contributed by atoms with E-state index >= 15 is 0 Å². The molecule has 0 radical (unpaired) electrons. The van der Waals surface area contributed by atoms with Crippen LogP contribution in [-0.4, -0.2) is 23.6 Å². The number of anilines is 1. The van der Waals surface area contributed by atoms with Crippen LogP contribution in [0.1, 0.15) is 37.7 Å². The fraction of sp³-hybridized carbons (Fsp3) is 0.280. The Balaban J connectivity index is 1.57. The minimum absolute atomic E-state index is 0.00952. The van der Waals surface area contributed by atoms with Gasteiger partial charge in [0.2, 0.25) is 5.91 Å². The smallest absolute Gasteiger partial charge is 0.341 e. The molecule has 0 unspecified atom stereocenters. The molecule has 1 aliphatic rings.